The van der Waals surface area contributed by atoms with Crippen LogP contribution >= 0.6 is 0 Å². The molecule has 0 N–H and O–H groups in total. The van der Waals surface area contributed by atoms with Gasteiger partial charge in [-0.25, -0.2) is 0 Å². The molecule has 2 aliphatic rings. The maximum absolute atomic E-state index is 12.2. The van der Waals surface area contributed by atoms with Crippen molar-refractivity contribution in [2.24, 2.45) is 24.8 Å². The normalized spacial score (nSPS) is 33.5. The number of rotatable bonds is 2. The van der Waals surface area contributed by atoms with E-state index in [2.05, 4.69) is 5.10 Å². The summed E-state index contributed by atoms with van der Waals surface area (Å²) < 4.78 is 1.71. The van der Waals surface area contributed by atoms with Crippen LogP contribution in [0, 0.1) is 17.8 Å². The fourth-order valence-electron chi connectivity index (χ4n) is 3.33. The molecule has 2 bridgehead atoms. The van der Waals surface area contributed by atoms with E-state index in [0.29, 0.717) is 17.6 Å². The van der Waals surface area contributed by atoms with Crippen LogP contribution in [0.25, 0.3) is 0 Å². The Morgan fingerprint density at radius 3 is 2.87 bits per heavy atom. The molecule has 15 heavy (non-hydrogen) atoms. The van der Waals surface area contributed by atoms with Crippen LogP contribution in [0.5, 0.6) is 0 Å². The predicted octanol–water partition coefficient (Wildman–Crippen LogP) is 2.04. The van der Waals surface area contributed by atoms with E-state index < -0.39 is 0 Å². The topological polar surface area (TPSA) is 34.9 Å². The molecule has 0 amide bonds. The smallest absolute Gasteiger partial charge is 0.169 e. The number of nitrogens with zero attached hydrogens (tertiary/aromatic N) is 2. The van der Waals surface area contributed by atoms with Gasteiger partial charge >= 0.3 is 0 Å². The highest BCUT2D eigenvalue weighted by Crippen LogP contribution is 2.49. The van der Waals surface area contributed by atoms with Gasteiger partial charge in [0, 0.05) is 19.2 Å². The number of carbonyl (C=O) groups is 1. The van der Waals surface area contributed by atoms with Crippen molar-refractivity contribution in [1.29, 1.82) is 0 Å². The first-order chi connectivity index (χ1) is 7.24. The Balaban J connectivity index is 1.81. The molecule has 3 atom stereocenters. The Labute approximate surface area is 89.5 Å². The number of fused-ring (bicyclic) bond motifs is 2. The Morgan fingerprint density at radius 2 is 2.33 bits per heavy atom. The molecule has 0 radical (unpaired) electrons. The number of hydrogen-bond acceptors (Lipinski definition) is 2. The van der Waals surface area contributed by atoms with Gasteiger partial charge in [-0.15, -0.1) is 0 Å². The third-order valence-electron chi connectivity index (χ3n) is 4.06. The molecule has 1 heterocycles. The highest BCUT2D eigenvalue weighted by molar-refractivity contribution is 5.97. The third kappa shape index (κ3) is 1.41. The van der Waals surface area contributed by atoms with Gasteiger partial charge in [0.15, 0.2) is 5.78 Å². The molecule has 2 fully saturated rings. The first-order valence-corrected chi connectivity index (χ1v) is 5.77. The molecule has 0 spiro atoms. The van der Waals surface area contributed by atoms with E-state index in [-0.39, 0.29) is 0 Å². The predicted molar refractivity (Wildman–Crippen MR) is 56.5 cm³/mol. The van der Waals surface area contributed by atoms with Gasteiger partial charge in [0.2, 0.25) is 0 Å². The average Bonchev–Trinajstić information content (AvgIpc) is 2.90. The van der Waals surface area contributed by atoms with Gasteiger partial charge < -0.3 is 0 Å². The summed E-state index contributed by atoms with van der Waals surface area (Å²) in [6, 6.07) is 0. The number of Topliss-reactive ketones (excluding diaryl/α,β-unsaturated/α-hetero) is 1. The van der Waals surface area contributed by atoms with Crippen LogP contribution < -0.4 is 0 Å². The molecule has 0 aromatic carbocycles. The lowest BCUT2D eigenvalue weighted by Gasteiger charge is -2.19. The second-order valence-corrected chi connectivity index (χ2v) is 5.05. The van der Waals surface area contributed by atoms with Gasteiger partial charge in [0.25, 0.3) is 0 Å². The van der Waals surface area contributed by atoms with Crippen molar-refractivity contribution in [3.8, 4) is 0 Å². The maximum atomic E-state index is 12.2. The van der Waals surface area contributed by atoms with Crippen molar-refractivity contribution in [3.63, 3.8) is 0 Å². The van der Waals surface area contributed by atoms with E-state index in [1.165, 1.54) is 19.3 Å². The van der Waals surface area contributed by atoms with Gasteiger partial charge in [-0.05, 0) is 31.1 Å². The zero-order valence-corrected chi connectivity index (χ0v) is 9.02. The standard InChI is InChI=1S/C12H16N2O/c1-14-7-10(6-13-14)12(15)11-5-8-2-3-9(11)4-8/h6-9,11H,2-5H2,1H3. The van der Waals surface area contributed by atoms with Gasteiger partial charge in [-0.3, -0.25) is 9.48 Å². The van der Waals surface area contributed by atoms with Crippen LogP contribution in [0.15, 0.2) is 12.4 Å². The number of hydrogen-bond donors (Lipinski definition) is 0. The number of ketones is 1. The lowest BCUT2D eigenvalue weighted by molar-refractivity contribution is 0.0874. The van der Waals surface area contributed by atoms with E-state index in [0.717, 1.165) is 17.9 Å². The van der Waals surface area contributed by atoms with E-state index >= 15 is 0 Å². The summed E-state index contributed by atoms with van der Waals surface area (Å²) in [6.45, 7) is 0. The molecule has 3 heteroatoms. The van der Waals surface area contributed by atoms with Crippen LogP contribution in [-0.2, 0) is 7.05 Å². The molecule has 2 saturated carbocycles. The SMILES string of the molecule is Cn1cc(C(=O)C2CC3CCC2C3)cn1. The summed E-state index contributed by atoms with van der Waals surface area (Å²) in [5, 5.41) is 4.07. The van der Waals surface area contributed by atoms with Crippen LogP contribution in [0.1, 0.15) is 36.0 Å². The first kappa shape index (κ1) is 9.13. The van der Waals surface area contributed by atoms with Crippen LogP contribution in [0.3, 0.4) is 0 Å². The van der Waals surface area contributed by atoms with Gasteiger partial charge in [0.1, 0.15) is 0 Å². The quantitative estimate of drug-likeness (QED) is 0.691. The van der Waals surface area contributed by atoms with Crippen molar-refractivity contribution in [3.05, 3.63) is 18.0 Å². The molecule has 1 aromatic rings. The molecule has 3 rings (SSSR count). The number of carbonyl (C=O) groups excluding carboxylic acids is 1. The molecule has 2 aliphatic carbocycles. The van der Waals surface area contributed by atoms with E-state index in [4.69, 9.17) is 0 Å². The Kier molecular flexibility index (Phi) is 1.94. The fourth-order valence-corrected chi connectivity index (χ4v) is 3.33. The summed E-state index contributed by atoms with van der Waals surface area (Å²) >= 11 is 0. The van der Waals surface area contributed by atoms with E-state index in [1.54, 1.807) is 10.9 Å². The zero-order valence-electron chi connectivity index (χ0n) is 9.02. The van der Waals surface area contributed by atoms with Crippen molar-refractivity contribution < 1.29 is 4.79 Å². The van der Waals surface area contributed by atoms with Gasteiger partial charge in [0.05, 0.1) is 11.8 Å². The van der Waals surface area contributed by atoms with Crippen LogP contribution in [0.2, 0.25) is 0 Å². The van der Waals surface area contributed by atoms with Crippen LogP contribution in [0.4, 0.5) is 0 Å². The minimum Gasteiger partial charge on any atom is -0.294 e. The highest BCUT2D eigenvalue weighted by Gasteiger charge is 2.43. The highest BCUT2D eigenvalue weighted by atomic mass is 16.1. The van der Waals surface area contributed by atoms with Crippen molar-refractivity contribution in [1.82, 2.24) is 9.78 Å². The summed E-state index contributed by atoms with van der Waals surface area (Å²) in [7, 11) is 1.86. The minimum atomic E-state index is 0.299. The van der Waals surface area contributed by atoms with Crippen molar-refractivity contribution in [2.45, 2.75) is 25.7 Å². The molecule has 80 valence electrons. The third-order valence-corrected chi connectivity index (χ3v) is 4.06. The molecule has 3 nitrogen and oxygen atoms in total. The lowest BCUT2D eigenvalue weighted by Crippen LogP contribution is -2.20. The molecule has 0 saturated heterocycles. The zero-order chi connectivity index (χ0) is 10.4. The van der Waals surface area contributed by atoms with Crippen LogP contribution in [-0.4, -0.2) is 15.6 Å². The van der Waals surface area contributed by atoms with E-state index in [1.807, 2.05) is 13.2 Å². The molecular weight excluding hydrogens is 188 g/mol. The summed E-state index contributed by atoms with van der Waals surface area (Å²) in [4.78, 5) is 12.2. The number of aryl methyl sites for hydroxylation is 1. The van der Waals surface area contributed by atoms with Crippen molar-refractivity contribution >= 4 is 5.78 Å². The monoisotopic (exact) mass is 204 g/mol. The van der Waals surface area contributed by atoms with Gasteiger partial charge in [-0.1, -0.05) is 6.42 Å². The molecule has 0 aliphatic heterocycles. The number of aromatic nitrogens is 2. The second-order valence-electron chi connectivity index (χ2n) is 5.05. The largest absolute Gasteiger partial charge is 0.294 e. The van der Waals surface area contributed by atoms with Crippen molar-refractivity contribution in [2.75, 3.05) is 0 Å². The summed E-state index contributed by atoms with van der Waals surface area (Å²) in [5.41, 5.74) is 0.801. The fraction of sp³-hybridized carbons (Fsp3) is 0.667. The molecule has 3 unspecified atom stereocenters. The summed E-state index contributed by atoms with van der Waals surface area (Å²) in [5.74, 6) is 2.13. The molecular formula is C12H16N2O. The minimum absolute atomic E-state index is 0.299. The Morgan fingerprint density at radius 1 is 1.47 bits per heavy atom. The Bertz CT molecular complexity index is 396. The van der Waals surface area contributed by atoms with Gasteiger partial charge in [-0.2, -0.15) is 5.10 Å². The second kappa shape index (κ2) is 3.19. The van der Waals surface area contributed by atoms with E-state index in [9.17, 15) is 4.79 Å². The maximum Gasteiger partial charge on any atom is 0.169 e. The first-order valence-electron chi connectivity index (χ1n) is 5.77. The lowest BCUT2D eigenvalue weighted by atomic mass is 9.84. The summed E-state index contributed by atoms with van der Waals surface area (Å²) in [6.07, 6.45) is 8.57. The Hall–Kier alpha value is -1.12. The molecule has 1 aromatic heterocycles. The average molecular weight is 204 g/mol.